The van der Waals surface area contributed by atoms with E-state index in [1.54, 1.807) is 0 Å². The van der Waals surface area contributed by atoms with Gasteiger partial charge >= 0.3 is 0 Å². The summed E-state index contributed by atoms with van der Waals surface area (Å²) in [5, 5.41) is 0.0866. The molecule has 2 rings (SSSR count). The maximum atomic E-state index is 12.1. The lowest BCUT2D eigenvalue weighted by Gasteiger charge is -2.32. The summed E-state index contributed by atoms with van der Waals surface area (Å²) in [7, 11) is 1.41. The Labute approximate surface area is 116 Å². The van der Waals surface area contributed by atoms with Crippen LogP contribution in [0.25, 0.3) is 0 Å². The molecule has 1 aromatic rings. The molecule has 0 N–H and O–H groups in total. The molecule has 0 radical (unpaired) electrons. The Morgan fingerprint density at radius 1 is 1.63 bits per heavy atom. The fourth-order valence-corrected chi connectivity index (χ4v) is 2.35. The summed E-state index contributed by atoms with van der Waals surface area (Å²) >= 11 is 5.80. The van der Waals surface area contributed by atoms with Gasteiger partial charge < -0.3 is 9.47 Å². The molecule has 0 spiro atoms. The fourth-order valence-electron chi connectivity index (χ4n) is 2.15. The van der Waals surface area contributed by atoms with Gasteiger partial charge in [0.15, 0.2) is 5.15 Å². The third-order valence-corrected chi connectivity index (χ3v) is 3.50. The first kappa shape index (κ1) is 14.3. The Balaban J connectivity index is 2.13. The number of halogens is 1. The molecule has 0 bridgehead atoms. The summed E-state index contributed by atoms with van der Waals surface area (Å²) in [6.45, 7) is 5.98. The zero-order valence-electron chi connectivity index (χ0n) is 11.1. The number of methoxy groups -OCH3 is 1. The number of hydrogen-bond donors (Lipinski definition) is 0. The van der Waals surface area contributed by atoms with E-state index in [9.17, 15) is 4.79 Å². The number of rotatable bonds is 4. The molecule has 106 valence electrons. The van der Waals surface area contributed by atoms with Gasteiger partial charge in [-0.1, -0.05) is 18.5 Å². The van der Waals surface area contributed by atoms with Crippen molar-refractivity contribution in [3.63, 3.8) is 0 Å². The molecular weight excluding hydrogens is 270 g/mol. The quantitative estimate of drug-likeness (QED) is 0.760. The second-order valence-electron chi connectivity index (χ2n) is 4.41. The van der Waals surface area contributed by atoms with E-state index in [1.807, 2.05) is 0 Å². The van der Waals surface area contributed by atoms with Crippen LogP contribution in [0.2, 0.25) is 5.15 Å². The van der Waals surface area contributed by atoms with E-state index in [2.05, 4.69) is 16.8 Å². The fraction of sp³-hybridized carbons (Fsp3) is 0.667. The smallest absolute Gasteiger partial charge is 0.297 e. The molecular formula is C12H18ClN3O3. The molecule has 1 saturated heterocycles. The molecule has 1 aliphatic heterocycles. The van der Waals surface area contributed by atoms with E-state index in [4.69, 9.17) is 21.1 Å². The van der Waals surface area contributed by atoms with Gasteiger partial charge in [0.25, 0.3) is 5.56 Å². The first-order chi connectivity index (χ1) is 9.15. The van der Waals surface area contributed by atoms with Gasteiger partial charge in [0.1, 0.15) is 0 Å². The van der Waals surface area contributed by atoms with E-state index >= 15 is 0 Å². The van der Waals surface area contributed by atoms with Gasteiger partial charge in [-0.15, -0.1) is 0 Å². The molecule has 1 atom stereocenters. The predicted octanol–water partition coefficient (Wildman–Crippen LogP) is 0.626. The van der Waals surface area contributed by atoms with Crippen molar-refractivity contribution in [3.8, 4) is 5.75 Å². The van der Waals surface area contributed by atoms with Crippen LogP contribution in [-0.4, -0.2) is 53.9 Å². The van der Waals surface area contributed by atoms with Gasteiger partial charge in [0, 0.05) is 13.1 Å². The normalized spacial score (nSPS) is 20.5. The molecule has 0 aromatic carbocycles. The standard InChI is InChI=1S/C12H18ClN3O3/c1-3-15-4-5-19-9(6-15)7-16-8-14-11(13)10(18-2)12(16)17/h8-9H,3-7H2,1-2H3. The Hall–Kier alpha value is -1.11. The Kier molecular flexibility index (Phi) is 4.79. The lowest BCUT2D eigenvalue weighted by atomic mass is 10.2. The van der Waals surface area contributed by atoms with Crippen LogP contribution in [0.4, 0.5) is 0 Å². The minimum absolute atomic E-state index is 0.0147. The summed E-state index contributed by atoms with van der Waals surface area (Å²) < 4.78 is 12.1. The monoisotopic (exact) mass is 287 g/mol. The van der Waals surface area contributed by atoms with Crippen LogP contribution in [0.5, 0.6) is 5.75 Å². The lowest BCUT2D eigenvalue weighted by Crippen LogP contribution is -2.45. The second kappa shape index (κ2) is 6.36. The van der Waals surface area contributed by atoms with Gasteiger partial charge in [-0.2, -0.15) is 0 Å². The SMILES string of the molecule is CCN1CCOC(Cn2cnc(Cl)c(OC)c2=O)C1. The van der Waals surface area contributed by atoms with Gasteiger partial charge in [-0.05, 0) is 6.54 Å². The first-order valence-electron chi connectivity index (χ1n) is 6.28. The molecule has 0 saturated carbocycles. The molecule has 2 heterocycles. The molecule has 1 fully saturated rings. The van der Waals surface area contributed by atoms with Crippen LogP contribution in [0, 0.1) is 0 Å². The number of likely N-dealkylation sites (N-methyl/N-ethyl adjacent to an activating group) is 1. The highest BCUT2D eigenvalue weighted by Gasteiger charge is 2.21. The largest absolute Gasteiger partial charge is 0.489 e. The van der Waals surface area contributed by atoms with Crippen LogP contribution >= 0.6 is 11.6 Å². The summed E-state index contributed by atoms with van der Waals surface area (Å²) in [5.74, 6) is 0.0762. The summed E-state index contributed by atoms with van der Waals surface area (Å²) in [6, 6.07) is 0. The molecule has 7 heteroatoms. The lowest BCUT2D eigenvalue weighted by molar-refractivity contribution is -0.0349. The average Bonchev–Trinajstić information content (AvgIpc) is 2.43. The maximum absolute atomic E-state index is 12.1. The zero-order chi connectivity index (χ0) is 13.8. The highest BCUT2D eigenvalue weighted by atomic mass is 35.5. The van der Waals surface area contributed by atoms with Crippen molar-refractivity contribution in [2.45, 2.75) is 19.6 Å². The van der Waals surface area contributed by atoms with Gasteiger partial charge in [-0.25, -0.2) is 4.98 Å². The zero-order valence-corrected chi connectivity index (χ0v) is 11.9. The number of ether oxygens (including phenoxy) is 2. The van der Waals surface area contributed by atoms with Crippen LogP contribution in [0.3, 0.4) is 0 Å². The Morgan fingerprint density at radius 2 is 2.42 bits per heavy atom. The van der Waals surface area contributed by atoms with Gasteiger partial charge in [0.05, 0.1) is 32.7 Å². The number of morpholine rings is 1. The van der Waals surface area contributed by atoms with Crippen molar-refractivity contribution in [2.75, 3.05) is 33.4 Å². The van der Waals surface area contributed by atoms with E-state index in [0.717, 1.165) is 19.6 Å². The van der Waals surface area contributed by atoms with E-state index in [1.165, 1.54) is 18.0 Å². The van der Waals surface area contributed by atoms with Crippen molar-refractivity contribution >= 4 is 11.6 Å². The number of aromatic nitrogens is 2. The second-order valence-corrected chi connectivity index (χ2v) is 4.77. The maximum Gasteiger partial charge on any atom is 0.297 e. The highest BCUT2D eigenvalue weighted by molar-refractivity contribution is 6.30. The van der Waals surface area contributed by atoms with Crippen molar-refractivity contribution in [2.24, 2.45) is 0 Å². The van der Waals surface area contributed by atoms with Crippen LogP contribution in [-0.2, 0) is 11.3 Å². The molecule has 1 unspecified atom stereocenters. The first-order valence-corrected chi connectivity index (χ1v) is 6.66. The Morgan fingerprint density at radius 3 is 3.11 bits per heavy atom. The third kappa shape index (κ3) is 3.26. The minimum Gasteiger partial charge on any atom is -0.489 e. The summed E-state index contributed by atoms with van der Waals surface area (Å²) in [4.78, 5) is 18.3. The summed E-state index contributed by atoms with van der Waals surface area (Å²) in [5.41, 5.74) is -0.278. The van der Waals surface area contributed by atoms with Crippen LogP contribution in [0.15, 0.2) is 11.1 Å². The van der Waals surface area contributed by atoms with Crippen molar-refractivity contribution in [3.05, 3.63) is 21.8 Å². The third-order valence-electron chi connectivity index (χ3n) is 3.23. The van der Waals surface area contributed by atoms with Gasteiger partial charge in [0.2, 0.25) is 5.75 Å². The van der Waals surface area contributed by atoms with Crippen molar-refractivity contribution < 1.29 is 9.47 Å². The molecule has 1 aromatic heterocycles. The minimum atomic E-state index is -0.278. The number of hydrogen-bond acceptors (Lipinski definition) is 5. The topological polar surface area (TPSA) is 56.6 Å². The van der Waals surface area contributed by atoms with Gasteiger partial charge in [-0.3, -0.25) is 14.3 Å². The summed E-state index contributed by atoms with van der Waals surface area (Å²) in [6.07, 6.45) is 1.42. The molecule has 0 aliphatic carbocycles. The van der Waals surface area contributed by atoms with E-state index in [-0.39, 0.29) is 22.6 Å². The van der Waals surface area contributed by atoms with E-state index < -0.39 is 0 Å². The van der Waals surface area contributed by atoms with E-state index in [0.29, 0.717) is 13.2 Å². The molecule has 19 heavy (non-hydrogen) atoms. The van der Waals surface area contributed by atoms with Crippen molar-refractivity contribution in [1.29, 1.82) is 0 Å². The Bertz CT molecular complexity index is 492. The number of nitrogens with zero attached hydrogens (tertiary/aromatic N) is 3. The predicted molar refractivity (Wildman–Crippen MR) is 71.9 cm³/mol. The molecule has 0 amide bonds. The molecule has 1 aliphatic rings. The van der Waals surface area contributed by atoms with Crippen LogP contribution in [0.1, 0.15) is 6.92 Å². The average molecular weight is 288 g/mol. The van der Waals surface area contributed by atoms with Crippen molar-refractivity contribution in [1.82, 2.24) is 14.5 Å². The molecule has 6 nitrogen and oxygen atoms in total. The van der Waals surface area contributed by atoms with Crippen LogP contribution < -0.4 is 10.3 Å². The highest BCUT2D eigenvalue weighted by Crippen LogP contribution is 2.15.